The number of carboxylic acid groups (broad SMARTS) is 1. The molecule has 0 aromatic carbocycles. The topological polar surface area (TPSA) is 43.8 Å². The van der Waals surface area contributed by atoms with Gasteiger partial charge < -0.3 is 14.9 Å². The smallest absolute Gasteiger partial charge is 0.303 e. The van der Waals surface area contributed by atoms with Crippen molar-refractivity contribution in [1.82, 2.24) is 9.80 Å². The van der Waals surface area contributed by atoms with Crippen molar-refractivity contribution in [2.75, 3.05) is 20.3 Å². The van der Waals surface area contributed by atoms with Crippen molar-refractivity contribution in [1.29, 1.82) is 0 Å². The van der Waals surface area contributed by atoms with Gasteiger partial charge in [0, 0.05) is 32.4 Å². The van der Waals surface area contributed by atoms with E-state index in [1.807, 2.05) is 0 Å². The Morgan fingerprint density at radius 2 is 1.57 bits per heavy atom. The van der Waals surface area contributed by atoms with Crippen LogP contribution >= 0.6 is 0 Å². The SMILES string of the molecule is CCCCCCCCCCC(=O)O.CCN1C=CN(C)C1. The van der Waals surface area contributed by atoms with Crippen LogP contribution in [0.2, 0.25) is 0 Å². The van der Waals surface area contributed by atoms with Crippen LogP contribution in [0, 0.1) is 0 Å². The van der Waals surface area contributed by atoms with Crippen molar-refractivity contribution >= 4 is 5.97 Å². The molecular formula is C17H34N2O2. The zero-order valence-corrected chi connectivity index (χ0v) is 14.2. The fraction of sp³-hybridized carbons (Fsp3) is 0.824. The first kappa shape index (κ1) is 19.8. The van der Waals surface area contributed by atoms with E-state index in [-0.39, 0.29) is 0 Å². The molecule has 4 nitrogen and oxygen atoms in total. The first-order valence-corrected chi connectivity index (χ1v) is 8.44. The molecule has 1 rings (SSSR count). The molecule has 0 saturated heterocycles. The molecule has 21 heavy (non-hydrogen) atoms. The average Bonchev–Trinajstić information content (AvgIpc) is 2.88. The quantitative estimate of drug-likeness (QED) is 0.611. The normalized spacial score (nSPS) is 13.3. The number of unbranched alkanes of at least 4 members (excludes halogenated alkanes) is 7. The largest absolute Gasteiger partial charge is 0.481 e. The van der Waals surface area contributed by atoms with E-state index in [2.05, 4.69) is 43.1 Å². The fourth-order valence-corrected chi connectivity index (χ4v) is 2.20. The Hall–Kier alpha value is -1.19. The highest BCUT2D eigenvalue weighted by atomic mass is 16.4. The molecule has 1 N–H and O–H groups in total. The van der Waals surface area contributed by atoms with Gasteiger partial charge in [0.1, 0.15) is 0 Å². The lowest BCUT2D eigenvalue weighted by atomic mass is 10.1. The highest BCUT2D eigenvalue weighted by molar-refractivity contribution is 5.66. The van der Waals surface area contributed by atoms with Crippen molar-refractivity contribution in [3.05, 3.63) is 12.4 Å². The molecule has 1 aliphatic rings. The summed E-state index contributed by atoms with van der Waals surface area (Å²) in [5.41, 5.74) is 0. The van der Waals surface area contributed by atoms with Crippen LogP contribution in [-0.2, 0) is 4.79 Å². The van der Waals surface area contributed by atoms with Gasteiger partial charge in [-0.05, 0) is 13.3 Å². The Morgan fingerprint density at radius 1 is 1.00 bits per heavy atom. The van der Waals surface area contributed by atoms with Crippen molar-refractivity contribution in [3.8, 4) is 0 Å². The predicted molar refractivity (Wildman–Crippen MR) is 89.0 cm³/mol. The van der Waals surface area contributed by atoms with Gasteiger partial charge in [-0.3, -0.25) is 4.79 Å². The predicted octanol–water partition coefficient (Wildman–Crippen LogP) is 4.28. The summed E-state index contributed by atoms with van der Waals surface area (Å²) in [6.45, 7) is 6.54. The van der Waals surface area contributed by atoms with Crippen LogP contribution in [0.25, 0.3) is 0 Å². The second-order valence-electron chi connectivity index (χ2n) is 5.72. The van der Waals surface area contributed by atoms with Gasteiger partial charge in [0.05, 0.1) is 6.67 Å². The van der Waals surface area contributed by atoms with Crippen LogP contribution < -0.4 is 0 Å². The maximum atomic E-state index is 10.2. The Labute approximate surface area is 130 Å². The minimum absolute atomic E-state index is 0.342. The third-order valence-electron chi connectivity index (χ3n) is 3.59. The Balaban J connectivity index is 0.000000423. The maximum absolute atomic E-state index is 10.2. The van der Waals surface area contributed by atoms with Gasteiger partial charge in [0.25, 0.3) is 0 Å². The number of hydrogen-bond acceptors (Lipinski definition) is 3. The van der Waals surface area contributed by atoms with E-state index >= 15 is 0 Å². The summed E-state index contributed by atoms with van der Waals surface area (Å²) >= 11 is 0. The number of rotatable bonds is 10. The lowest BCUT2D eigenvalue weighted by Gasteiger charge is -2.14. The lowest BCUT2D eigenvalue weighted by Crippen LogP contribution is -2.21. The van der Waals surface area contributed by atoms with Crippen LogP contribution in [-0.4, -0.2) is 41.1 Å². The second-order valence-corrected chi connectivity index (χ2v) is 5.72. The van der Waals surface area contributed by atoms with E-state index in [4.69, 9.17) is 5.11 Å². The third-order valence-corrected chi connectivity index (χ3v) is 3.59. The number of carbonyl (C=O) groups is 1. The van der Waals surface area contributed by atoms with E-state index in [9.17, 15) is 4.79 Å². The molecule has 0 atom stereocenters. The molecule has 0 aliphatic carbocycles. The molecule has 0 spiro atoms. The van der Waals surface area contributed by atoms with Gasteiger partial charge in [-0.15, -0.1) is 0 Å². The lowest BCUT2D eigenvalue weighted by molar-refractivity contribution is -0.137. The van der Waals surface area contributed by atoms with Gasteiger partial charge in [-0.25, -0.2) is 0 Å². The van der Waals surface area contributed by atoms with Gasteiger partial charge in [-0.1, -0.05) is 51.9 Å². The fourth-order valence-electron chi connectivity index (χ4n) is 2.20. The van der Waals surface area contributed by atoms with Crippen molar-refractivity contribution < 1.29 is 9.90 Å². The van der Waals surface area contributed by atoms with Gasteiger partial charge in [-0.2, -0.15) is 0 Å². The molecule has 0 saturated carbocycles. The van der Waals surface area contributed by atoms with E-state index in [1.54, 1.807) is 0 Å². The molecular weight excluding hydrogens is 264 g/mol. The molecule has 0 aromatic rings. The molecule has 0 fully saturated rings. The summed E-state index contributed by atoms with van der Waals surface area (Å²) in [6, 6.07) is 0. The molecule has 4 heteroatoms. The van der Waals surface area contributed by atoms with Crippen LogP contribution in [0.4, 0.5) is 0 Å². The summed E-state index contributed by atoms with van der Waals surface area (Å²) in [7, 11) is 2.08. The summed E-state index contributed by atoms with van der Waals surface area (Å²) in [5.74, 6) is -0.661. The first-order valence-electron chi connectivity index (χ1n) is 8.44. The van der Waals surface area contributed by atoms with Crippen LogP contribution in [0.1, 0.15) is 71.6 Å². The summed E-state index contributed by atoms with van der Waals surface area (Å²) in [6.07, 6.45) is 14.3. The highest BCUT2D eigenvalue weighted by Gasteiger charge is 2.03. The van der Waals surface area contributed by atoms with Crippen LogP contribution in [0.5, 0.6) is 0 Å². The zero-order valence-electron chi connectivity index (χ0n) is 14.2. The van der Waals surface area contributed by atoms with E-state index < -0.39 is 5.97 Å². The number of hydrogen-bond donors (Lipinski definition) is 1. The molecule has 1 aliphatic heterocycles. The summed E-state index contributed by atoms with van der Waals surface area (Å²) < 4.78 is 0. The Kier molecular flexibility index (Phi) is 13.0. The summed E-state index contributed by atoms with van der Waals surface area (Å²) in [5, 5.41) is 8.39. The monoisotopic (exact) mass is 298 g/mol. The van der Waals surface area contributed by atoms with Gasteiger partial charge in [0.15, 0.2) is 0 Å². The molecule has 0 bridgehead atoms. The number of carboxylic acids is 1. The maximum Gasteiger partial charge on any atom is 0.303 e. The minimum atomic E-state index is -0.661. The molecule has 0 unspecified atom stereocenters. The average molecular weight is 298 g/mol. The third kappa shape index (κ3) is 13.5. The number of aliphatic carboxylic acids is 1. The second kappa shape index (κ2) is 13.8. The molecule has 124 valence electrons. The minimum Gasteiger partial charge on any atom is -0.481 e. The van der Waals surface area contributed by atoms with Crippen LogP contribution in [0.15, 0.2) is 12.4 Å². The Morgan fingerprint density at radius 3 is 1.95 bits per heavy atom. The highest BCUT2D eigenvalue weighted by Crippen LogP contribution is 2.09. The van der Waals surface area contributed by atoms with Gasteiger partial charge >= 0.3 is 5.97 Å². The van der Waals surface area contributed by atoms with E-state index in [0.29, 0.717) is 6.42 Å². The van der Waals surface area contributed by atoms with Crippen molar-refractivity contribution in [2.24, 2.45) is 0 Å². The summed E-state index contributed by atoms with van der Waals surface area (Å²) in [4.78, 5) is 14.6. The van der Waals surface area contributed by atoms with E-state index in [0.717, 1.165) is 26.1 Å². The molecule has 0 radical (unpaired) electrons. The van der Waals surface area contributed by atoms with Gasteiger partial charge in [0.2, 0.25) is 0 Å². The molecule has 1 heterocycles. The van der Waals surface area contributed by atoms with Crippen molar-refractivity contribution in [2.45, 2.75) is 71.6 Å². The standard InChI is InChI=1S/C11H22O2.C6H12N2/c1-2-3-4-5-6-7-8-9-10-11(12)13;1-3-8-5-4-7(2)6-8/h2-10H2,1H3,(H,12,13);4-5H,3,6H2,1-2H3. The Bertz CT molecular complexity index is 280. The van der Waals surface area contributed by atoms with Crippen molar-refractivity contribution in [3.63, 3.8) is 0 Å². The molecule has 0 aromatic heterocycles. The molecule has 0 amide bonds. The zero-order chi connectivity index (χ0) is 15.9. The number of nitrogens with zero attached hydrogens (tertiary/aromatic N) is 2. The van der Waals surface area contributed by atoms with Crippen LogP contribution in [0.3, 0.4) is 0 Å². The van der Waals surface area contributed by atoms with E-state index in [1.165, 1.54) is 38.5 Å². The first-order chi connectivity index (χ1) is 10.1.